The minimum absolute atomic E-state index is 0.0363. The van der Waals surface area contributed by atoms with Crippen LogP contribution in [0.15, 0.2) is 12.1 Å². The number of phenols is 1. The number of phenolic OH excluding ortho intramolecular Hbond substituents is 1. The Labute approximate surface area is 131 Å². The van der Waals surface area contributed by atoms with E-state index < -0.39 is 0 Å². The number of nitrogens with one attached hydrogen (secondary N) is 1. The Kier molecular flexibility index (Phi) is 4.00. The van der Waals surface area contributed by atoms with Crippen LogP contribution in [0, 0.1) is 5.92 Å². The van der Waals surface area contributed by atoms with Gasteiger partial charge in [-0.2, -0.15) is 0 Å². The van der Waals surface area contributed by atoms with Gasteiger partial charge in [0.25, 0.3) is 0 Å². The van der Waals surface area contributed by atoms with E-state index in [1.165, 1.54) is 0 Å². The summed E-state index contributed by atoms with van der Waals surface area (Å²) in [5.41, 5.74) is 2.20. The van der Waals surface area contributed by atoms with E-state index in [0.29, 0.717) is 11.7 Å². The van der Waals surface area contributed by atoms with Crippen molar-refractivity contribution in [1.82, 2.24) is 10.2 Å². The number of nitrogens with zero attached hydrogens (tertiary/aromatic N) is 1. The molecule has 2 atom stereocenters. The monoisotopic (exact) mass is 304 g/mol. The van der Waals surface area contributed by atoms with Crippen LogP contribution >= 0.6 is 0 Å². The molecule has 1 amide bonds. The van der Waals surface area contributed by atoms with Crippen LogP contribution in [0.3, 0.4) is 0 Å². The van der Waals surface area contributed by atoms with Gasteiger partial charge in [0.15, 0.2) is 11.5 Å². The second-order valence-corrected chi connectivity index (χ2v) is 6.61. The lowest BCUT2D eigenvalue weighted by molar-refractivity contribution is -0.140. The summed E-state index contributed by atoms with van der Waals surface area (Å²) >= 11 is 0. The van der Waals surface area contributed by atoms with Gasteiger partial charge in [-0.05, 0) is 42.0 Å². The number of piperazine rings is 1. The van der Waals surface area contributed by atoms with Crippen molar-refractivity contribution >= 4 is 5.91 Å². The Balaban J connectivity index is 1.89. The van der Waals surface area contributed by atoms with Gasteiger partial charge in [-0.25, -0.2) is 0 Å². The molecule has 2 heterocycles. The third-order valence-corrected chi connectivity index (χ3v) is 4.64. The summed E-state index contributed by atoms with van der Waals surface area (Å²) < 4.78 is 5.22. The number of rotatable bonds is 3. The molecule has 1 aromatic rings. The van der Waals surface area contributed by atoms with Crippen LogP contribution in [-0.2, 0) is 11.2 Å². The lowest BCUT2D eigenvalue weighted by atomic mass is 9.88. The van der Waals surface area contributed by atoms with Crippen LogP contribution in [0.5, 0.6) is 11.5 Å². The van der Waals surface area contributed by atoms with Gasteiger partial charge in [0.2, 0.25) is 5.91 Å². The molecule has 120 valence electrons. The van der Waals surface area contributed by atoms with Crippen molar-refractivity contribution in [3.63, 3.8) is 0 Å². The third-order valence-electron chi connectivity index (χ3n) is 4.64. The number of fused-ring (bicyclic) bond motifs is 3. The summed E-state index contributed by atoms with van der Waals surface area (Å²) in [6.07, 6.45) is 1.65. The Morgan fingerprint density at radius 3 is 2.91 bits per heavy atom. The number of amides is 1. The van der Waals surface area contributed by atoms with Gasteiger partial charge >= 0.3 is 0 Å². The van der Waals surface area contributed by atoms with Gasteiger partial charge in [-0.1, -0.05) is 13.8 Å². The molecule has 5 nitrogen and oxygen atoms in total. The molecule has 5 heteroatoms. The average molecular weight is 304 g/mol. The first kappa shape index (κ1) is 15.2. The van der Waals surface area contributed by atoms with E-state index >= 15 is 0 Å². The van der Waals surface area contributed by atoms with Gasteiger partial charge in [0.1, 0.15) is 0 Å². The summed E-state index contributed by atoms with van der Waals surface area (Å²) in [7, 11) is 1.55. The molecule has 2 aliphatic heterocycles. The molecular weight excluding hydrogens is 280 g/mol. The second-order valence-electron chi connectivity index (χ2n) is 6.61. The molecule has 0 aromatic heterocycles. The Hall–Kier alpha value is -1.75. The van der Waals surface area contributed by atoms with Crippen LogP contribution in [0.25, 0.3) is 0 Å². The summed E-state index contributed by atoms with van der Waals surface area (Å²) in [6.45, 7) is 5.75. The highest BCUT2D eigenvalue weighted by Gasteiger charge is 2.39. The zero-order valence-electron chi connectivity index (χ0n) is 13.4. The van der Waals surface area contributed by atoms with Crippen LogP contribution < -0.4 is 10.1 Å². The predicted octanol–water partition coefficient (Wildman–Crippen LogP) is 1.84. The number of carbonyl (C=O) groups is 1. The number of hydrogen-bond acceptors (Lipinski definition) is 4. The SMILES string of the molecule is COc1cc2c(cc1O)CCN1C(=O)[C@@H](CC(C)C)NC[C@H]21. The molecule has 0 spiro atoms. The molecule has 0 aliphatic carbocycles. The lowest BCUT2D eigenvalue weighted by Crippen LogP contribution is -2.58. The van der Waals surface area contributed by atoms with E-state index in [9.17, 15) is 9.90 Å². The highest BCUT2D eigenvalue weighted by Crippen LogP contribution is 2.38. The predicted molar refractivity (Wildman–Crippen MR) is 84.1 cm³/mol. The van der Waals surface area contributed by atoms with E-state index in [4.69, 9.17) is 4.74 Å². The van der Waals surface area contributed by atoms with Gasteiger partial charge in [-0.15, -0.1) is 0 Å². The van der Waals surface area contributed by atoms with Gasteiger partial charge < -0.3 is 20.1 Å². The molecule has 0 bridgehead atoms. The molecule has 3 rings (SSSR count). The van der Waals surface area contributed by atoms with Gasteiger partial charge in [0, 0.05) is 13.1 Å². The van der Waals surface area contributed by atoms with Crippen LogP contribution in [-0.4, -0.2) is 42.2 Å². The summed E-state index contributed by atoms with van der Waals surface area (Å²) in [5, 5.41) is 13.3. The normalized spacial score (nSPS) is 24.2. The zero-order valence-corrected chi connectivity index (χ0v) is 13.4. The topological polar surface area (TPSA) is 61.8 Å². The number of hydrogen-bond donors (Lipinski definition) is 2. The number of methoxy groups -OCH3 is 1. The summed E-state index contributed by atoms with van der Waals surface area (Å²) in [5.74, 6) is 1.33. The minimum Gasteiger partial charge on any atom is -0.504 e. The average Bonchev–Trinajstić information content (AvgIpc) is 2.48. The number of ether oxygens (including phenoxy) is 1. The fraction of sp³-hybridized carbons (Fsp3) is 0.588. The highest BCUT2D eigenvalue weighted by molar-refractivity contribution is 5.83. The molecule has 0 unspecified atom stereocenters. The lowest BCUT2D eigenvalue weighted by Gasteiger charge is -2.44. The largest absolute Gasteiger partial charge is 0.504 e. The second kappa shape index (κ2) is 5.80. The van der Waals surface area contributed by atoms with Crippen molar-refractivity contribution in [3.05, 3.63) is 23.3 Å². The third kappa shape index (κ3) is 2.54. The molecule has 0 radical (unpaired) electrons. The van der Waals surface area contributed by atoms with E-state index in [1.807, 2.05) is 11.0 Å². The van der Waals surface area contributed by atoms with Crippen molar-refractivity contribution in [1.29, 1.82) is 0 Å². The molecule has 0 saturated carbocycles. The first-order valence-electron chi connectivity index (χ1n) is 7.95. The maximum absolute atomic E-state index is 12.7. The Morgan fingerprint density at radius 2 is 2.23 bits per heavy atom. The molecule has 1 aromatic carbocycles. The fourth-order valence-corrected chi connectivity index (χ4v) is 3.56. The summed E-state index contributed by atoms with van der Waals surface area (Å²) in [6, 6.07) is 3.61. The van der Waals surface area contributed by atoms with Gasteiger partial charge in [-0.3, -0.25) is 4.79 Å². The van der Waals surface area contributed by atoms with Crippen molar-refractivity contribution < 1.29 is 14.6 Å². The minimum atomic E-state index is -0.0724. The first-order chi connectivity index (χ1) is 10.5. The fourth-order valence-electron chi connectivity index (χ4n) is 3.56. The zero-order chi connectivity index (χ0) is 15.9. The van der Waals surface area contributed by atoms with E-state index in [2.05, 4.69) is 19.2 Å². The van der Waals surface area contributed by atoms with Crippen LogP contribution in [0.4, 0.5) is 0 Å². The Morgan fingerprint density at radius 1 is 1.45 bits per heavy atom. The van der Waals surface area contributed by atoms with E-state index in [0.717, 1.165) is 37.1 Å². The van der Waals surface area contributed by atoms with Crippen LogP contribution in [0.1, 0.15) is 37.4 Å². The Bertz CT molecular complexity index is 586. The number of carbonyl (C=O) groups excluding carboxylic acids is 1. The van der Waals surface area contributed by atoms with Gasteiger partial charge in [0.05, 0.1) is 19.2 Å². The van der Waals surface area contributed by atoms with E-state index in [-0.39, 0.29) is 23.7 Å². The van der Waals surface area contributed by atoms with Crippen LogP contribution in [0.2, 0.25) is 0 Å². The molecule has 2 N–H and O–H groups in total. The highest BCUT2D eigenvalue weighted by atomic mass is 16.5. The molecule has 22 heavy (non-hydrogen) atoms. The van der Waals surface area contributed by atoms with E-state index in [1.54, 1.807) is 13.2 Å². The molecule has 2 aliphatic rings. The van der Waals surface area contributed by atoms with Crippen molar-refractivity contribution in [2.45, 2.75) is 38.8 Å². The smallest absolute Gasteiger partial charge is 0.240 e. The van der Waals surface area contributed by atoms with Crippen molar-refractivity contribution in [2.75, 3.05) is 20.2 Å². The summed E-state index contributed by atoms with van der Waals surface area (Å²) in [4.78, 5) is 14.7. The maximum atomic E-state index is 12.7. The first-order valence-corrected chi connectivity index (χ1v) is 7.95. The molecular formula is C17H24N2O3. The number of aromatic hydroxyl groups is 1. The molecule has 1 saturated heterocycles. The van der Waals surface area contributed by atoms with Crippen molar-refractivity contribution in [2.24, 2.45) is 5.92 Å². The quantitative estimate of drug-likeness (QED) is 0.894. The molecule has 1 fully saturated rings. The van der Waals surface area contributed by atoms with Crippen molar-refractivity contribution in [3.8, 4) is 11.5 Å². The maximum Gasteiger partial charge on any atom is 0.240 e. The number of benzene rings is 1. The standard InChI is InChI=1S/C17H24N2O3/c1-10(2)6-13-17(21)19-5-4-11-7-15(20)16(22-3)8-12(11)14(19)9-18-13/h7-8,10,13-14,18,20H,4-6,9H2,1-3H3/t13-,14-/m1/s1.